The summed E-state index contributed by atoms with van der Waals surface area (Å²) in [6.45, 7) is 5.34. The molecule has 0 radical (unpaired) electrons. The molecule has 1 aromatic carbocycles. The number of hydrogen-bond acceptors (Lipinski definition) is 5. The highest BCUT2D eigenvalue weighted by Crippen LogP contribution is 2.36. The smallest absolute Gasteiger partial charge is 0.262 e. The highest BCUT2D eigenvalue weighted by atomic mass is 35.5. The molecule has 1 saturated heterocycles. The number of halogens is 2. The van der Waals surface area contributed by atoms with Gasteiger partial charge in [0.05, 0.1) is 32.8 Å². The molecule has 27 heavy (non-hydrogen) atoms. The molecule has 0 unspecified atom stereocenters. The van der Waals surface area contributed by atoms with Crippen LogP contribution in [0.15, 0.2) is 18.2 Å². The Morgan fingerprint density at radius 3 is 2.70 bits per heavy atom. The van der Waals surface area contributed by atoms with E-state index in [0.29, 0.717) is 25.9 Å². The van der Waals surface area contributed by atoms with E-state index in [4.69, 9.17) is 32.9 Å². The van der Waals surface area contributed by atoms with Crippen molar-refractivity contribution in [2.24, 2.45) is 0 Å². The molecular weight excluding hydrogens is 423 g/mol. The molecule has 3 heterocycles. The highest BCUT2D eigenvalue weighted by molar-refractivity contribution is 7.22. The number of carbonyl (C=O) groups is 1. The molecular formula is C19H18Cl2N2O2S2. The average molecular weight is 441 g/mol. The third-order valence-corrected chi connectivity index (χ3v) is 7.29. The molecule has 2 aromatic heterocycles. The maximum atomic E-state index is 13.3. The van der Waals surface area contributed by atoms with Crippen LogP contribution in [-0.4, -0.2) is 30.1 Å². The summed E-state index contributed by atoms with van der Waals surface area (Å²) in [7, 11) is 0. The largest absolute Gasteiger partial charge is 0.376 e. The fraction of sp³-hybridized carbons (Fsp3) is 0.368. The lowest BCUT2D eigenvalue weighted by Crippen LogP contribution is -2.37. The zero-order valence-electron chi connectivity index (χ0n) is 14.9. The Kier molecular flexibility index (Phi) is 5.45. The monoisotopic (exact) mass is 440 g/mol. The van der Waals surface area contributed by atoms with Crippen LogP contribution >= 0.6 is 45.9 Å². The number of ether oxygens (including phenoxy) is 1. The van der Waals surface area contributed by atoms with Crippen molar-refractivity contribution in [1.82, 2.24) is 4.98 Å². The number of thiophene rings is 1. The second-order valence-electron chi connectivity index (χ2n) is 6.69. The van der Waals surface area contributed by atoms with Gasteiger partial charge in [-0.05, 0) is 56.0 Å². The number of anilines is 1. The van der Waals surface area contributed by atoms with Crippen LogP contribution in [0.3, 0.4) is 0 Å². The van der Waals surface area contributed by atoms with E-state index >= 15 is 0 Å². The minimum absolute atomic E-state index is 0.0114. The number of aryl methyl sites for hydroxylation is 2. The zero-order valence-corrected chi connectivity index (χ0v) is 18.1. The molecule has 0 aliphatic carbocycles. The van der Waals surface area contributed by atoms with Crippen LogP contribution in [0.25, 0.3) is 10.2 Å². The third kappa shape index (κ3) is 3.87. The summed E-state index contributed by atoms with van der Waals surface area (Å²) in [5, 5.41) is 0.661. The van der Waals surface area contributed by atoms with Crippen LogP contribution in [0.1, 0.15) is 34.3 Å². The predicted molar refractivity (Wildman–Crippen MR) is 114 cm³/mol. The molecule has 1 atom stereocenters. The van der Waals surface area contributed by atoms with Gasteiger partial charge < -0.3 is 4.74 Å². The van der Waals surface area contributed by atoms with Gasteiger partial charge in [0.15, 0.2) is 5.13 Å². The second kappa shape index (κ2) is 7.68. The first kappa shape index (κ1) is 19.2. The molecule has 1 aliphatic rings. The number of amides is 1. The lowest BCUT2D eigenvalue weighted by molar-refractivity contribution is 0.0918. The number of nitrogens with zero attached hydrogens (tertiary/aromatic N) is 2. The summed E-state index contributed by atoms with van der Waals surface area (Å²) in [6, 6.07) is 5.81. The van der Waals surface area contributed by atoms with Crippen molar-refractivity contribution in [1.29, 1.82) is 0 Å². The lowest BCUT2D eigenvalue weighted by atomic mass is 10.1. The molecule has 142 valence electrons. The fourth-order valence-corrected chi connectivity index (χ4v) is 5.66. The first-order chi connectivity index (χ1) is 12.9. The summed E-state index contributed by atoms with van der Waals surface area (Å²) in [6.07, 6.45) is 1.96. The number of aromatic nitrogens is 1. The van der Waals surface area contributed by atoms with Crippen molar-refractivity contribution in [2.45, 2.75) is 32.8 Å². The van der Waals surface area contributed by atoms with Crippen LogP contribution in [0.4, 0.5) is 5.13 Å². The van der Waals surface area contributed by atoms with Crippen molar-refractivity contribution in [3.63, 3.8) is 0 Å². The Labute approximate surface area is 175 Å². The lowest BCUT2D eigenvalue weighted by Gasteiger charge is -2.22. The predicted octanol–water partition coefficient (Wildman–Crippen LogP) is 6.11. The van der Waals surface area contributed by atoms with Crippen LogP contribution in [0, 0.1) is 13.8 Å². The first-order valence-electron chi connectivity index (χ1n) is 8.68. The molecule has 8 heteroatoms. The van der Waals surface area contributed by atoms with Gasteiger partial charge in [-0.2, -0.15) is 0 Å². The second-order valence-corrected chi connectivity index (χ2v) is 9.98. The minimum Gasteiger partial charge on any atom is -0.376 e. The van der Waals surface area contributed by atoms with E-state index in [1.807, 2.05) is 0 Å². The maximum absolute atomic E-state index is 13.3. The fourth-order valence-electron chi connectivity index (χ4n) is 3.15. The standard InChI is InChI=1S/C19H18Cl2N2O2S2/c1-10-6-14-15(7-11(10)2)26-19(22-14)23(9-12-4-3-5-25-12)18(24)13-8-16(20)27-17(13)21/h6-8,12H,3-5,9H2,1-2H3/t12-/m0/s1. The molecule has 0 saturated carbocycles. The van der Waals surface area contributed by atoms with Gasteiger partial charge in [-0.25, -0.2) is 4.98 Å². The van der Waals surface area contributed by atoms with E-state index in [1.165, 1.54) is 33.8 Å². The summed E-state index contributed by atoms with van der Waals surface area (Å²) >= 11 is 15.0. The van der Waals surface area contributed by atoms with E-state index < -0.39 is 0 Å². The average Bonchev–Trinajstić information content (AvgIpc) is 3.33. The Balaban J connectivity index is 1.75. The van der Waals surface area contributed by atoms with Crippen molar-refractivity contribution in [3.05, 3.63) is 43.6 Å². The van der Waals surface area contributed by atoms with Crippen LogP contribution in [0.5, 0.6) is 0 Å². The number of thiazole rings is 1. The van der Waals surface area contributed by atoms with Crippen molar-refractivity contribution in [2.75, 3.05) is 18.1 Å². The number of hydrogen-bond donors (Lipinski definition) is 0. The van der Waals surface area contributed by atoms with Gasteiger partial charge in [-0.3, -0.25) is 9.69 Å². The summed E-state index contributed by atoms with van der Waals surface area (Å²) < 4.78 is 7.72. The van der Waals surface area contributed by atoms with Gasteiger partial charge in [-0.15, -0.1) is 11.3 Å². The van der Waals surface area contributed by atoms with Gasteiger partial charge in [0.2, 0.25) is 0 Å². The topological polar surface area (TPSA) is 42.4 Å². The minimum atomic E-state index is -0.189. The molecule has 0 bridgehead atoms. The van der Waals surface area contributed by atoms with E-state index in [1.54, 1.807) is 11.0 Å². The number of fused-ring (bicyclic) bond motifs is 1. The number of benzene rings is 1. The first-order valence-corrected chi connectivity index (χ1v) is 11.1. The SMILES string of the molecule is Cc1cc2nc(N(C[C@@H]3CCCO3)C(=O)c3cc(Cl)sc3Cl)sc2cc1C. The van der Waals surface area contributed by atoms with Crippen LogP contribution < -0.4 is 4.90 Å². The number of rotatable bonds is 4. The highest BCUT2D eigenvalue weighted by Gasteiger charge is 2.29. The molecule has 0 N–H and O–H groups in total. The molecule has 1 fully saturated rings. The van der Waals surface area contributed by atoms with Crippen molar-refractivity contribution < 1.29 is 9.53 Å². The Bertz CT molecular complexity index is 970. The molecule has 1 amide bonds. The van der Waals surface area contributed by atoms with Gasteiger partial charge in [0.1, 0.15) is 4.34 Å². The Morgan fingerprint density at radius 2 is 2.04 bits per heavy atom. The van der Waals surface area contributed by atoms with E-state index in [-0.39, 0.29) is 12.0 Å². The Morgan fingerprint density at radius 1 is 1.26 bits per heavy atom. The Hall–Kier alpha value is -1.18. The van der Waals surface area contributed by atoms with Gasteiger partial charge in [0.25, 0.3) is 5.91 Å². The number of carbonyl (C=O) groups excluding carboxylic acids is 1. The van der Waals surface area contributed by atoms with Crippen molar-refractivity contribution >= 4 is 67.1 Å². The molecule has 1 aliphatic heterocycles. The van der Waals surface area contributed by atoms with Gasteiger partial charge in [-0.1, -0.05) is 34.5 Å². The van der Waals surface area contributed by atoms with E-state index in [0.717, 1.165) is 29.7 Å². The van der Waals surface area contributed by atoms with Crippen LogP contribution in [-0.2, 0) is 4.74 Å². The van der Waals surface area contributed by atoms with E-state index in [9.17, 15) is 4.79 Å². The third-order valence-electron chi connectivity index (χ3n) is 4.77. The van der Waals surface area contributed by atoms with Gasteiger partial charge >= 0.3 is 0 Å². The molecule has 4 rings (SSSR count). The maximum Gasteiger partial charge on any atom is 0.262 e. The normalized spacial score (nSPS) is 17.0. The quantitative estimate of drug-likeness (QED) is 0.491. The summed E-state index contributed by atoms with van der Waals surface area (Å²) in [5.41, 5.74) is 3.71. The van der Waals surface area contributed by atoms with Crippen molar-refractivity contribution in [3.8, 4) is 0 Å². The summed E-state index contributed by atoms with van der Waals surface area (Å²) in [5.74, 6) is -0.189. The summed E-state index contributed by atoms with van der Waals surface area (Å²) in [4.78, 5) is 19.7. The van der Waals surface area contributed by atoms with Crippen LogP contribution in [0.2, 0.25) is 8.67 Å². The van der Waals surface area contributed by atoms with E-state index in [2.05, 4.69) is 26.0 Å². The molecule has 3 aromatic rings. The zero-order chi connectivity index (χ0) is 19.1. The van der Waals surface area contributed by atoms with Gasteiger partial charge in [0, 0.05) is 6.61 Å². The molecule has 4 nitrogen and oxygen atoms in total. The molecule has 0 spiro atoms.